The molecule has 158 valence electrons. The largest absolute Gasteiger partial charge is 0.296 e. The standard InChI is InChI=1S/C18H22Cl2N4O3S2/c1-10(2)7-16-22-23-18(28-16)21-17(25)12-8-15(14(20)9-13(12)19)29(26,27)24-11-5-3-4-6-11/h8-11,24H,3-7H2,1-2H3,(H,21,23,25). The minimum Gasteiger partial charge on any atom is -0.296 e. The van der Waals surface area contributed by atoms with Crippen LogP contribution in [-0.4, -0.2) is 30.6 Å². The molecule has 29 heavy (non-hydrogen) atoms. The third kappa shape index (κ3) is 5.67. The zero-order chi connectivity index (χ0) is 21.2. The van der Waals surface area contributed by atoms with E-state index in [1.807, 2.05) is 0 Å². The maximum Gasteiger partial charge on any atom is 0.259 e. The first-order valence-corrected chi connectivity index (χ1v) is 12.4. The number of carbonyl (C=O) groups is 1. The number of anilines is 1. The van der Waals surface area contributed by atoms with Gasteiger partial charge in [0.15, 0.2) is 0 Å². The third-order valence-corrected chi connectivity index (χ3v) is 7.66. The molecule has 11 heteroatoms. The fourth-order valence-corrected chi connectivity index (χ4v) is 6.25. The number of sulfonamides is 1. The van der Waals surface area contributed by atoms with Gasteiger partial charge >= 0.3 is 0 Å². The van der Waals surface area contributed by atoms with Gasteiger partial charge in [0.05, 0.1) is 15.6 Å². The van der Waals surface area contributed by atoms with Crippen molar-refractivity contribution in [3.8, 4) is 0 Å². The van der Waals surface area contributed by atoms with E-state index in [1.165, 1.54) is 23.5 Å². The Balaban J connectivity index is 1.82. The van der Waals surface area contributed by atoms with E-state index >= 15 is 0 Å². The highest BCUT2D eigenvalue weighted by molar-refractivity contribution is 7.89. The molecule has 0 saturated heterocycles. The van der Waals surface area contributed by atoms with E-state index in [0.29, 0.717) is 11.0 Å². The SMILES string of the molecule is CC(C)Cc1nnc(NC(=O)c2cc(S(=O)(=O)NC3CCCC3)c(Cl)cc2Cl)s1. The molecule has 1 fully saturated rings. The maximum absolute atomic E-state index is 12.8. The fourth-order valence-electron chi connectivity index (χ4n) is 3.14. The van der Waals surface area contributed by atoms with Crippen LogP contribution >= 0.6 is 34.5 Å². The van der Waals surface area contributed by atoms with Crippen LogP contribution in [0.1, 0.15) is 54.9 Å². The van der Waals surface area contributed by atoms with Crippen LogP contribution in [0.3, 0.4) is 0 Å². The molecule has 0 aliphatic heterocycles. The smallest absolute Gasteiger partial charge is 0.259 e. The molecule has 1 aromatic heterocycles. The highest BCUT2D eigenvalue weighted by Crippen LogP contribution is 2.31. The number of aromatic nitrogens is 2. The van der Waals surface area contributed by atoms with E-state index < -0.39 is 15.9 Å². The van der Waals surface area contributed by atoms with E-state index in [0.717, 1.165) is 37.1 Å². The number of carbonyl (C=O) groups excluding carboxylic acids is 1. The maximum atomic E-state index is 12.8. The Morgan fingerprint density at radius 1 is 1.21 bits per heavy atom. The molecular weight excluding hydrogens is 455 g/mol. The van der Waals surface area contributed by atoms with Crippen LogP contribution in [0.4, 0.5) is 5.13 Å². The number of hydrogen-bond acceptors (Lipinski definition) is 6. The van der Waals surface area contributed by atoms with Crippen LogP contribution in [-0.2, 0) is 16.4 Å². The Kier molecular flexibility index (Phi) is 7.16. The van der Waals surface area contributed by atoms with Gasteiger partial charge in [0.25, 0.3) is 5.91 Å². The van der Waals surface area contributed by atoms with Crippen molar-refractivity contribution in [1.82, 2.24) is 14.9 Å². The molecule has 1 saturated carbocycles. The van der Waals surface area contributed by atoms with Crippen LogP contribution < -0.4 is 10.0 Å². The van der Waals surface area contributed by atoms with Gasteiger partial charge in [-0.2, -0.15) is 0 Å². The minimum absolute atomic E-state index is 0.00322. The van der Waals surface area contributed by atoms with Crippen molar-refractivity contribution in [2.45, 2.75) is 56.9 Å². The van der Waals surface area contributed by atoms with Gasteiger partial charge in [0, 0.05) is 12.5 Å². The first kappa shape index (κ1) is 22.4. The lowest BCUT2D eigenvalue weighted by Gasteiger charge is -2.15. The molecule has 0 spiro atoms. The van der Waals surface area contributed by atoms with Gasteiger partial charge in [-0.25, -0.2) is 13.1 Å². The number of nitrogens with zero attached hydrogens (tertiary/aromatic N) is 2. The molecule has 0 bridgehead atoms. The van der Waals surface area contributed by atoms with Gasteiger partial charge in [0.2, 0.25) is 15.2 Å². The highest BCUT2D eigenvalue weighted by atomic mass is 35.5. The lowest BCUT2D eigenvalue weighted by molar-refractivity contribution is 0.102. The third-order valence-electron chi connectivity index (χ3n) is 4.50. The summed E-state index contributed by atoms with van der Waals surface area (Å²) in [4.78, 5) is 12.5. The van der Waals surface area contributed by atoms with Crippen molar-refractivity contribution in [2.24, 2.45) is 5.92 Å². The molecule has 1 aromatic carbocycles. The number of nitrogens with one attached hydrogen (secondary N) is 2. The molecule has 1 aliphatic carbocycles. The van der Waals surface area contributed by atoms with E-state index in [4.69, 9.17) is 23.2 Å². The van der Waals surface area contributed by atoms with Crippen molar-refractivity contribution < 1.29 is 13.2 Å². The average Bonchev–Trinajstić information content (AvgIpc) is 3.25. The van der Waals surface area contributed by atoms with Gasteiger partial charge in [-0.05, 0) is 30.9 Å². The predicted octanol–water partition coefficient (Wildman–Crippen LogP) is 4.52. The number of rotatable bonds is 7. The number of benzene rings is 1. The Morgan fingerprint density at radius 3 is 2.55 bits per heavy atom. The summed E-state index contributed by atoms with van der Waals surface area (Å²) >= 11 is 13.6. The molecule has 3 rings (SSSR count). The van der Waals surface area contributed by atoms with Crippen molar-refractivity contribution in [1.29, 1.82) is 0 Å². The second-order valence-electron chi connectivity index (χ2n) is 7.42. The summed E-state index contributed by atoms with van der Waals surface area (Å²) in [6.45, 7) is 4.13. The molecule has 2 N–H and O–H groups in total. The summed E-state index contributed by atoms with van der Waals surface area (Å²) in [5.74, 6) is -0.159. The zero-order valence-electron chi connectivity index (χ0n) is 16.0. The quantitative estimate of drug-likeness (QED) is 0.611. The lowest BCUT2D eigenvalue weighted by atomic mass is 10.1. The van der Waals surface area contributed by atoms with Crippen molar-refractivity contribution in [3.05, 3.63) is 32.7 Å². The summed E-state index contributed by atoms with van der Waals surface area (Å²) in [6, 6.07) is 2.35. The van der Waals surface area contributed by atoms with Crippen LogP contribution in [0.25, 0.3) is 0 Å². The minimum atomic E-state index is -3.88. The van der Waals surface area contributed by atoms with Gasteiger partial charge in [-0.1, -0.05) is 61.2 Å². The van der Waals surface area contributed by atoms with E-state index in [2.05, 4.69) is 34.1 Å². The topological polar surface area (TPSA) is 101 Å². The normalized spacial score (nSPS) is 15.2. The fraction of sp³-hybridized carbons (Fsp3) is 0.500. The Bertz CT molecular complexity index is 1000. The average molecular weight is 477 g/mol. The molecule has 1 amide bonds. The van der Waals surface area contributed by atoms with Crippen LogP contribution in [0.2, 0.25) is 10.0 Å². The monoisotopic (exact) mass is 476 g/mol. The predicted molar refractivity (Wildman–Crippen MR) is 115 cm³/mol. The second kappa shape index (κ2) is 9.26. The van der Waals surface area contributed by atoms with Gasteiger partial charge in [-0.15, -0.1) is 10.2 Å². The Labute approximate surface area is 184 Å². The summed E-state index contributed by atoms with van der Waals surface area (Å²) < 4.78 is 28.2. The van der Waals surface area contributed by atoms with Crippen LogP contribution in [0.5, 0.6) is 0 Å². The van der Waals surface area contributed by atoms with E-state index in [9.17, 15) is 13.2 Å². The van der Waals surface area contributed by atoms with Crippen molar-refractivity contribution in [3.63, 3.8) is 0 Å². The molecule has 1 aliphatic rings. The Hall–Kier alpha value is -1.26. The highest BCUT2D eigenvalue weighted by Gasteiger charge is 2.27. The molecule has 0 radical (unpaired) electrons. The van der Waals surface area contributed by atoms with E-state index in [1.54, 1.807) is 0 Å². The molecular formula is C18H22Cl2N4O3S2. The Morgan fingerprint density at radius 2 is 1.90 bits per heavy atom. The van der Waals surface area contributed by atoms with Gasteiger partial charge < -0.3 is 0 Å². The van der Waals surface area contributed by atoms with Gasteiger partial charge in [0.1, 0.15) is 9.90 Å². The zero-order valence-corrected chi connectivity index (χ0v) is 19.2. The summed E-state index contributed by atoms with van der Waals surface area (Å²) in [5, 5.41) is 11.8. The second-order valence-corrected chi connectivity index (χ2v) is 11.0. The number of hydrogen-bond donors (Lipinski definition) is 2. The van der Waals surface area contributed by atoms with Gasteiger partial charge in [-0.3, -0.25) is 10.1 Å². The first-order chi connectivity index (χ1) is 13.7. The summed E-state index contributed by atoms with van der Waals surface area (Å²) in [7, 11) is -3.88. The molecule has 1 heterocycles. The van der Waals surface area contributed by atoms with Crippen LogP contribution in [0, 0.1) is 5.92 Å². The first-order valence-electron chi connectivity index (χ1n) is 9.31. The summed E-state index contributed by atoms with van der Waals surface area (Å²) in [6.07, 6.45) is 4.29. The van der Waals surface area contributed by atoms with Crippen LogP contribution in [0.15, 0.2) is 17.0 Å². The number of halogens is 2. The summed E-state index contributed by atoms with van der Waals surface area (Å²) in [5.41, 5.74) is 0.00322. The lowest BCUT2D eigenvalue weighted by Crippen LogP contribution is -2.33. The van der Waals surface area contributed by atoms with Crippen molar-refractivity contribution in [2.75, 3.05) is 5.32 Å². The van der Waals surface area contributed by atoms with E-state index in [-0.39, 0.29) is 26.5 Å². The molecule has 0 unspecified atom stereocenters. The van der Waals surface area contributed by atoms with Crippen molar-refractivity contribution >= 4 is 55.6 Å². The molecule has 7 nitrogen and oxygen atoms in total. The molecule has 2 aromatic rings. The molecule has 0 atom stereocenters. The number of amides is 1.